The number of thiophene rings is 1. The largest absolute Gasteiger partial charge is 0.369 e. The minimum atomic E-state index is 0.647. The molecule has 2 aromatic rings. The van der Waals surface area contributed by atoms with E-state index < -0.39 is 0 Å². The molecule has 0 bridgehead atoms. The topological polar surface area (TPSA) is 53.1 Å². The van der Waals surface area contributed by atoms with Gasteiger partial charge in [0.15, 0.2) is 0 Å². The average molecular weight is 305 g/mol. The first-order chi connectivity index (χ1) is 10.2. The highest BCUT2D eigenvalue weighted by Crippen LogP contribution is 2.27. The molecule has 0 spiro atoms. The predicted octanol–water partition coefficient (Wildman–Crippen LogP) is 2.88. The van der Waals surface area contributed by atoms with E-state index in [0.29, 0.717) is 17.9 Å². The smallest absolute Gasteiger partial charge is 0.225 e. The lowest BCUT2D eigenvalue weighted by Crippen LogP contribution is -2.29. The van der Waals surface area contributed by atoms with Crippen molar-refractivity contribution in [1.82, 2.24) is 14.9 Å². The van der Waals surface area contributed by atoms with E-state index in [1.54, 1.807) is 11.3 Å². The Morgan fingerprint density at radius 2 is 2.29 bits per heavy atom. The van der Waals surface area contributed by atoms with Crippen molar-refractivity contribution in [3.63, 3.8) is 0 Å². The Morgan fingerprint density at radius 3 is 3.00 bits per heavy atom. The number of rotatable bonds is 5. The molecule has 0 aliphatic carbocycles. The second-order valence-electron chi connectivity index (χ2n) is 5.91. The van der Waals surface area contributed by atoms with E-state index in [9.17, 15) is 0 Å². The number of nitrogens with zero attached hydrogens (tertiary/aromatic N) is 3. The van der Waals surface area contributed by atoms with Crippen molar-refractivity contribution in [1.29, 1.82) is 0 Å². The van der Waals surface area contributed by atoms with E-state index in [1.165, 1.54) is 19.5 Å². The Bertz CT molecular complexity index is 609. The molecule has 6 heteroatoms. The van der Waals surface area contributed by atoms with Gasteiger partial charge in [-0.15, -0.1) is 11.3 Å². The van der Waals surface area contributed by atoms with Crippen LogP contribution >= 0.6 is 11.3 Å². The Labute approximate surface area is 129 Å². The van der Waals surface area contributed by atoms with Crippen molar-refractivity contribution < 1.29 is 0 Å². The van der Waals surface area contributed by atoms with Gasteiger partial charge in [0.05, 0.1) is 5.39 Å². The van der Waals surface area contributed by atoms with E-state index in [4.69, 9.17) is 0 Å². The fourth-order valence-corrected chi connectivity index (χ4v) is 3.61. The van der Waals surface area contributed by atoms with E-state index in [0.717, 1.165) is 22.6 Å². The zero-order valence-corrected chi connectivity index (χ0v) is 13.7. The summed E-state index contributed by atoms with van der Waals surface area (Å²) in [7, 11) is 1.86. The summed E-state index contributed by atoms with van der Waals surface area (Å²) in [5.74, 6) is 2.34. The molecule has 1 unspecified atom stereocenters. The molecule has 1 aliphatic heterocycles. The van der Waals surface area contributed by atoms with Crippen LogP contribution in [0.2, 0.25) is 0 Å². The molecular weight excluding hydrogens is 282 g/mol. The maximum atomic E-state index is 4.57. The van der Waals surface area contributed by atoms with Gasteiger partial charge >= 0.3 is 0 Å². The maximum absolute atomic E-state index is 4.57. The zero-order chi connectivity index (χ0) is 14.8. The Kier molecular flexibility index (Phi) is 4.26. The summed E-state index contributed by atoms with van der Waals surface area (Å²) in [6, 6.07) is 2.74. The van der Waals surface area contributed by atoms with Crippen LogP contribution in [0.4, 0.5) is 11.8 Å². The van der Waals surface area contributed by atoms with Crippen LogP contribution in [0.15, 0.2) is 11.4 Å². The molecule has 114 valence electrons. The van der Waals surface area contributed by atoms with E-state index >= 15 is 0 Å². The fourth-order valence-electron chi connectivity index (χ4n) is 2.84. The molecule has 1 fully saturated rings. The molecule has 1 atom stereocenters. The molecule has 0 radical (unpaired) electrons. The first-order valence-electron chi connectivity index (χ1n) is 7.58. The molecule has 1 aliphatic rings. The number of hydrogen-bond donors (Lipinski definition) is 2. The maximum Gasteiger partial charge on any atom is 0.225 e. The van der Waals surface area contributed by atoms with Crippen molar-refractivity contribution in [2.45, 2.75) is 26.3 Å². The van der Waals surface area contributed by atoms with Gasteiger partial charge in [0.25, 0.3) is 0 Å². The van der Waals surface area contributed by atoms with Gasteiger partial charge in [-0.1, -0.05) is 0 Å². The molecule has 0 aromatic carbocycles. The quantitative estimate of drug-likeness (QED) is 0.889. The van der Waals surface area contributed by atoms with Crippen molar-refractivity contribution in [2.24, 2.45) is 5.92 Å². The van der Waals surface area contributed by atoms with Gasteiger partial charge < -0.3 is 15.5 Å². The summed E-state index contributed by atoms with van der Waals surface area (Å²) in [5.41, 5.74) is 0. The van der Waals surface area contributed by atoms with Gasteiger partial charge in [-0.3, -0.25) is 0 Å². The molecule has 2 N–H and O–H groups in total. The summed E-state index contributed by atoms with van der Waals surface area (Å²) in [4.78, 5) is 12.6. The normalized spacial score (nSPS) is 19.5. The predicted molar refractivity (Wildman–Crippen MR) is 90.3 cm³/mol. The van der Waals surface area contributed by atoms with Crippen LogP contribution in [0.5, 0.6) is 0 Å². The summed E-state index contributed by atoms with van der Waals surface area (Å²) in [6.07, 6.45) is 1.27. The second-order valence-corrected chi connectivity index (χ2v) is 6.80. The number of fused-ring (bicyclic) bond motifs is 1. The number of nitrogens with one attached hydrogen (secondary N) is 2. The van der Waals surface area contributed by atoms with Crippen LogP contribution in [0.1, 0.15) is 20.3 Å². The van der Waals surface area contributed by atoms with Gasteiger partial charge in [-0.05, 0) is 44.2 Å². The molecule has 3 rings (SSSR count). The lowest BCUT2D eigenvalue weighted by molar-refractivity contribution is 0.266. The SMILES string of the molecule is CNc1nc(NCC2CCN(C(C)C)C2)c2ccsc2n1. The third-order valence-corrected chi connectivity index (χ3v) is 4.96. The van der Waals surface area contributed by atoms with Crippen molar-refractivity contribution in [2.75, 3.05) is 37.3 Å². The van der Waals surface area contributed by atoms with Crippen molar-refractivity contribution in [3.05, 3.63) is 11.4 Å². The molecular formula is C15H23N5S. The van der Waals surface area contributed by atoms with Crippen LogP contribution in [0, 0.1) is 5.92 Å². The number of likely N-dealkylation sites (tertiary alicyclic amines) is 1. The average Bonchev–Trinajstić information content (AvgIpc) is 3.13. The van der Waals surface area contributed by atoms with Crippen LogP contribution in [-0.4, -0.2) is 47.6 Å². The van der Waals surface area contributed by atoms with E-state index in [-0.39, 0.29) is 0 Å². The van der Waals surface area contributed by atoms with Gasteiger partial charge in [0.2, 0.25) is 5.95 Å². The summed E-state index contributed by atoms with van der Waals surface area (Å²) >= 11 is 1.65. The minimum Gasteiger partial charge on any atom is -0.369 e. The van der Waals surface area contributed by atoms with Crippen LogP contribution in [0.3, 0.4) is 0 Å². The Morgan fingerprint density at radius 1 is 1.43 bits per heavy atom. The Balaban J connectivity index is 1.69. The molecule has 5 nitrogen and oxygen atoms in total. The summed E-state index contributed by atoms with van der Waals surface area (Å²) < 4.78 is 0. The van der Waals surface area contributed by atoms with Crippen LogP contribution in [0.25, 0.3) is 10.2 Å². The molecule has 0 saturated carbocycles. The lowest BCUT2D eigenvalue weighted by Gasteiger charge is -2.20. The molecule has 1 saturated heterocycles. The highest BCUT2D eigenvalue weighted by atomic mass is 32.1. The second kappa shape index (κ2) is 6.15. The molecule has 21 heavy (non-hydrogen) atoms. The monoisotopic (exact) mass is 305 g/mol. The summed E-state index contributed by atoms with van der Waals surface area (Å²) in [6.45, 7) is 7.92. The van der Waals surface area contributed by atoms with Crippen LogP contribution < -0.4 is 10.6 Å². The zero-order valence-electron chi connectivity index (χ0n) is 12.9. The van der Waals surface area contributed by atoms with Gasteiger partial charge in [-0.2, -0.15) is 4.98 Å². The molecule has 3 heterocycles. The molecule has 0 amide bonds. The first-order valence-corrected chi connectivity index (χ1v) is 8.46. The van der Waals surface area contributed by atoms with Gasteiger partial charge in [0, 0.05) is 26.2 Å². The van der Waals surface area contributed by atoms with E-state index in [1.807, 2.05) is 7.05 Å². The van der Waals surface area contributed by atoms with Crippen molar-refractivity contribution in [3.8, 4) is 0 Å². The first kappa shape index (κ1) is 14.5. The lowest BCUT2D eigenvalue weighted by atomic mass is 10.1. The highest BCUT2D eigenvalue weighted by Gasteiger charge is 2.24. The highest BCUT2D eigenvalue weighted by molar-refractivity contribution is 7.16. The number of aromatic nitrogens is 2. The standard InChI is InChI=1S/C15H23N5S/c1-10(2)20-6-4-11(9-20)8-17-13-12-5-7-21-14(12)19-15(16-3)18-13/h5,7,10-11H,4,6,8-9H2,1-3H3,(H2,16,17,18,19). The van der Waals surface area contributed by atoms with Crippen molar-refractivity contribution >= 4 is 33.3 Å². The van der Waals surface area contributed by atoms with Gasteiger partial charge in [0.1, 0.15) is 10.6 Å². The fraction of sp³-hybridized carbons (Fsp3) is 0.600. The van der Waals surface area contributed by atoms with Crippen LogP contribution in [-0.2, 0) is 0 Å². The third kappa shape index (κ3) is 3.11. The minimum absolute atomic E-state index is 0.647. The van der Waals surface area contributed by atoms with Gasteiger partial charge in [-0.25, -0.2) is 4.98 Å². The molecule has 2 aromatic heterocycles. The number of hydrogen-bond acceptors (Lipinski definition) is 6. The third-order valence-electron chi connectivity index (χ3n) is 4.15. The Hall–Kier alpha value is -1.40. The summed E-state index contributed by atoms with van der Waals surface area (Å²) in [5, 5.41) is 9.77. The number of anilines is 2. The van der Waals surface area contributed by atoms with E-state index in [2.05, 4.69) is 50.8 Å².